The Morgan fingerprint density at radius 1 is 1.43 bits per heavy atom. The second kappa shape index (κ2) is 5.87. The molecule has 0 aliphatic rings. The second-order valence-corrected chi connectivity index (χ2v) is 4.15. The zero-order chi connectivity index (χ0) is 15.4. The smallest absolute Gasteiger partial charge is 0.311 e. The Kier molecular flexibility index (Phi) is 3.98. The summed E-state index contributed by atoms with van der Waals surface area (Å²) in [7, 11) is 0. The van der Waals surface area contributed by atoms with Crippen LogP contribution in [0.4, 0.5) is 5.69 Å². The number of hydrogen-bond donors (Lipinski definition) is 2. The van der Waals surface area contributed by atoms with Crippen molar-refractivity contribution in [2.45, 2.75) is 6.92 Å². The molecule has 0 saturated carbocycles. The third kappa shape index (κ3) is 3.24. The molecule has 2 aromatic rings. The van der Waals surface area contributed by atoms with Crippen molar-refractivity contribution < 1.29 is 14.9 Å². The van der Waals surface area contributed by atoms with E-state index in [9.17, 15) is 10.1 Å². The molecule has 0 amide bonds. The maximum Gasteiger partial charge on any atom is 0.311 e. The second-order valence-electron chi connectivity index (χ2n) is 4.15. The molecule has 0 atom stereocenters. The normalized spacial score (nSPS) is 11.2. The molecular weight excluding hydrogens is 276 g/mol. The summed E-state index contributed by atoms with van der Waals surface area (Å²) in [5.41, 5.74) is 6.30. The Labute approximate surface area is 119 Å². The summed E-state index contributed by atoms with van der Waals surface area (Å²) in [6, 6.07) is 8.97. The van der Waals surface area contributed by atoms with E-state index in [1.165, 1.54) is 24.3 Å². The highest BCUT2D eigenvalue weighted by Crippen LogP contribution is 2.30. The standard InChI is InChI=1S/C13H12N4O4/c1-8-6-9(13(14)16-18)7-12(15-8)21-11-5-3-2-4-10(11)17(19)20/h2-7,18H,1H3,(H2,14,16). The lowest BCUT2D eigenvalue weighted by atomic mass is 10.2. The SMILES string of the molecule is Cc1cc(/C(N)=N/O)cc(Oc2ccccc2[N+](=O)[O-])n1. The van der Waals surface area contributed by atoms with Crippen molar-refractivity contribution in [1.29, 1.82) is 0 Å². The molecule has 0 saturated heterocycles. The van der Waals surface area contributed by atoms with Gasteiger partial charge in [0.2, 0.25) is 11.6 Å². The zero-order valence-corrected chi connectivity index (χ0v) is 11.1. The van der Waals surface area contributed by atoms with E-state index in [0.717, 1.165) is 0 Å². The maximum atomic E-state index is 10.9. The van der Waals surface area contributed by atoms with Gasteiger partial charge < -0.3 is 15.7 Å². The van der Waals surface area contributed by atoms with Crippen LogP contribution < -0.4 is 10.5 Å². The predicted octanol–water partition coefficient (Wildman–Crippen LogP) is 2.19. The quantitative estimate of drug-likeness (QED) is 0.292. The summed E-state index contributed by atoms with van der Waals surface area (Å²) in [5.74, 6) is 0.0740. The van der Waals surface area contributed by atoms with Crippen LogP contribution in [0.1, 0.15) is 11.3 Å². The molecular formula is C13H12N4O4. The van der Waals surface area contributed by atoms with Crippen molar-refractivity contribution in [3.8, 4) is 11.6 Å². The van der Waals surface area contributed by atoms with E-state index in [0.29, 0.717) is 11.3 Å². The number of aromatic nitrogens is 1. The van der Waals surface area contributed by atoms with Gasteiger partial charge >= 0.3 is 5.69 Å². The molecule has 0 aliphatic carbocycles. The average molecular weight is 288 g/mol. The lowest BCUT2D eigenvalue weighted by molar-refractivity contribution is -0.385. The van der Waals surface area contributed by atoms with E-state index in [4.69, 9.17) is 15.7 Å². The lowest BCUT2D eigenvalue weighted by Crippen LogP contribution is -2.13. The number of nitro groups is 1. The summed E-state index contributed by atoms with van der Waals surface area (Å²) in [6.07, 6.45) is 0. The number of ether oxygens (including phenoxy) is 1. The molecule has 0 unspecified atom stereocenters. The highest BCUT2D eigenvalue weighted by atomic mass is 16.6. The Morgan fingerprint density at radius 2 is 2.14 bits per heavy atom. The number of amidine groups is 1. The lowest BCUT2D eigenvalue weighted by Gasteiger charge is -2.08. The first-order valence-corrected chi connectivity index (χ1v) is 5.89. The average Bonchev–Trinajstić information content (AvgIpc) is 2.46. The van der Waals surface area contributed by atoms with Crippen LogP contribution >= 0.6 is 0 Å². The molecule has 2 rings (SSSR count). The van der Waals surface area contributed by atoms with Crippen molar-refractivity contribution >= 4 is 11.5 Å². The Bertz CT molecular complexity index is 715. The van der Waals surface area contributed by atoms with Crippen LogP contribution in [0.25, 0.3) is 0 Å². The number of nitrogens with zero attached hydrogens (tertiary/aromatic N) is 3. The minimum absolute atomic E-state index is 0.0612. The van der Waals surface area contributed by atoms with Crippen LogP contribution in [-0.2, 0) is 0 Å². The van der Waals surface area contributed by atoms with Gasteiger partial charge in [0.05, 0.1) is 4.92 Å². The first-order chi connectivity index (χ1) is 10.0. The number of rotatable bonds is 4. The van der Waals surface area contributed by atoms with Crippen molar-refractivity contribution in [2.24, 2.45) is 10.9 Å². The summed E-state index contributed by atoms with van der Waals surface area (Å²) >= 11 is 0. The number of para-hydroxylation sites is 2. The van der Waals surface area contributed by atoms with Gasteiger partial charge in [0.1, 0.15) is 0 Å². The van der Waals surface area contributed by atoms with Gasteiger partial charge in [0.25, 0.3) is 0 Å². The molecule has 21 heavy (non-hydrogen) atoms. The van der Waals surface area contributed by atoms with Crippen LogP contribution in [0.2, 0.25) is 0 Å². The fourth-order valence-corrected chi connectivity index (χ4v) is 1.70. The van der Waals surface area contributed by atoms with Gasteiger partial charge in [-0.3, -0.25) is 10.1 Å². The Morgan fingerprint density at radius 3 is 2.81 bits per heavy atom. The van der Waals surface area contributed by atoms with Crippen LogP contribution in [0.15, 0.2) is 41.6 Å². The number of oxime groups is 1. The van der Waals surface area contributed by atoms with Gasteiger partial charge in [-0.25, -0.2) is 4.98 Å². The predicted molar refractivity (Wildman–Crippen MR) is 74.7 cm³/mol. The van der Waals surface area contributed by atoms with Crippen LogP contribution in [0, 0.1) is 17.0 Å². The fourth-order valence-electron chi connectivity index (χ4n) is 1.70. The van der Waals surface area contributed by atoms with E-state index < -0.39 is 4.92 Å². The van der Waals surface area contributed by atoms with Gasteiger partial charge in [0, 0.05) is 23.4 Å². The van der Waals surface area contributed by atoms with E-state index in [-0.39, 0.29) is 23.2 Å². The topological polar surface area (TPSA) is 124 Å². The molecule has 3 N–H and O–H groups in total. The zero-order valence-electron chi connectivity index (χ0n) is 11.1. The number of hydrogen-bond acceptors (Lipinski definition) is 6. The van der Waals surface area contributed by atoms with E-state index in [1.807, 2.05) is 0 Å². The maximum absolute atomic E-state index is 10.9. The molecule has 1 aromatic carbocycles. The van der Waals surface area contributed by atoms with Crippen molar-refractivity contribution in [1.82, 2.24) is 4.98 Å². The van der Waals surface area contributed by atoms with Gasteiger partial charge in [-0.15, -0.1) is 0 Å². The molecule has 0 spiro atoms. The summed E-state index contributed by atoms with van der Waals surface area (Å²) < 4.78 is 5.44. The molecule has 1 aromatic heterocycles. The number of benzene rings is 1. The van der Waals surface area contributed by atoms with Gasteiger partial charge in [-0.1, -0.05) is 17.3 Å². The Hall–Kier alpha value is -3.16. The molecule has 0 aliphatic heterocycles. The van der Waals surface area contributed by atoms with E-state index in [2.05, 4.69) is 10.1 Å². The van der Waals surface area contributed by atoms with Gasteiger partial charge in [0.15, 0.2) is 5.84 Å². The van der Waals surface area contributed by atoms with E-state index in [1.54, 1.807) is 19.1 Å². The number of aryl methyl sites for hydroxylation is 1. The van der Waals surface area contributed by atoms with Gasteiger partial charge in [-0.05, 0) is 19.1 Å². The molecule has 1 heterocycles. The summed E-state index contributed by atoms with van der Waals surface area (Å²) in [6.45, 7) is 1.69. The third-order valence-corrected chi connectivity index (χ3v) is 2.61. The minimum atomic E-state index is -0.546. The molecule has 0 bridgehead atoms. The first kappa shape index (κ1) is 14.3. The molecule has 8 heteroatoms. The van der Waals surface area contributed by atoms with Crippen molar-refractivity contribution in [2.75, 3.05) is 0 Å². The largest absolute Gasteiger partial charge is 0.432 e. The minimum Gasteiger partial charge on any atom is -0.432 e. The first-order valence-electron chi connectivity index (χ1n) is 5.89. The number of nitro benzene ring substituents is 1. The number of pyridine rings is 1. The monoisotopic (exact) mass is 288 g/mol. The molecule has 0 radical (unpaired) electrons. The highest BCUT2D eigenvalue weighted by Gasteiger charge is 2.15. The highest BCUT2D eigenvalue weighted by molar-refractivity contribution is 5.97. The molecule has 8 nitrogen and oxygen atoms in total. The number of nitrogens with two attached hydrogens (primary N) is 1. The summed E-state index contributed by atoms with van der Waals surface area (Å²) in [4.78, 5) is 14.5. The van der Waals surface area contributed by atoms with Crippen molar-refractivity contribution in [3.63, 3.8) is 0 Å². The van der Waals surface area contributed by atoms with E-state index >= 15 is 0 Å². The molecule has 108 valence electrons. The van der Waals surface area contributed by atoms with Crippen LogP contribution in [-0.4, -0.2) is 21.0 Å². The Balaban J connectivity index is 2.41. The van der Waals surface area contributed by atoms with Crippen LogP contribution in [0.5, 0.6) is 11.6 Å². The summed E-state index contributed by atoms with van der Waals surface area (Å²) in [5, 5.41) is 22.5. The molecule has 0 fully saturated rings. The van der Waals surface area contributed by atoms with Gasteiger partial charge in [-0.2, -0.15) is 0 Å². The fraction of sp³-hybridized carbons (Fsp3) is 0.0769. The van der Waals surface area contributed by atoms with Crippen molar-refractivity contribution in [3.05, 3.63) is 57.8 Å². The van der Waals surface area contributed by atoms with Crippen LogP contribution in [0.3, 0.4) is 0 Å². The third-order valence-electron chi connectivity index (χ3n) is 2.61.